The number of aromatic nitrogens is 1. The summed E-state index contributed by atoms with van der Waals surface area (Å²) in [6.07, 6.45) is 1.53. The summed E-state index contributed by atoms with van der Waals surface area (Å²) in [6, 6.07) is 14.2. The number of carbonyl (C=O) groups excluding carboxylic acids is 2. The number of ether oxygens (including phenoxy) is 1. The zero-order chi connectivity index (χ0) is 21.0. The number of hydrogen-bond acceptors (Lipinski definition) is 5. The summed E-state index contributed by atoms with van der Waals surface area (Å²) in [5.74, 6) is -0.0363. The molecule has 0 radical (unpaired) electrons. The molecule has 0 fully saturated rings. The average molecular weight is 389 g/mol. The van der Waals surface area contributed by atoms with Gasteiger partial charge in [0, 0.05) is 17.6 Å². The SMILES string of the molecule is COC(=O)c1ccc(NC(=O)c2ccc(Nc3c(C)cc(C)cc3C)nc2)cc1. The monoisotopic (exact) mass is 389 g/mol. The van der Waals surface area contributed by atoms with Crippen molar-refractivity contribution >= 4 is 29.1 Å². The van der Waals surface area contributed by atoms with Crippen LogP contribution in [0.3, 0.4) is 0 Å². The molecule has 0 saturated carbocycles. The third-order valence-electron chi connectivity index (χ3n) is 4.52. The molecule has 2 N–H and O–H groups in total. The molecule has 3 aromatic rings. The molecular weight excluding hydrogens is 366 g/mol. The maximum absolute atomic E-state index is 12.4. The predicted octanol–water partition coefficient (Wildman–Crippen LogP) is 4.79. The minimum absolute atomic E-state index is 0.280. The zero-order valence-electron chi connectivity index (χ0n) is 16.9. The van der Waals surface area contributed by atoms with E-state index in [4.69, 9.17) is 0 Å². The van der Waals surface area contributed by atoms with Crippen molar-refractivity contribution in [2.24, 2.45) is 0 Å². The van der Waals surface area contributed by atoms with E-state index < -0.39 is 5.97 Å². The number of carbonyl (C=O) groups is 2. The van der Waals surface area contributed by atoms with Gasteiger partial charge >= 0.3 is 5.97 Å². The maximum Gasteiger partial charge on any atom is 0.337 e. The lowest BCUT2D eigenvalue weighted by atomic mass is 10.1. The van der Waals surface area contributed by atoms with Crippen LogP contribution >= 0.6 is 0 Å². The molecule has 1 amide bonds. The van der Waals surface area contributed by atoms with Crippen LogP contribution in [-0.2, 0) is 4.74 Å². The Bertz CT molecular complexity index is 1020. The van der Waals surface area contributed by atoms with Gasteiger partial charge in [0.25, 0.3) is 5.91 Å². The number of nitrogens with zero attached hydrogens (tertiary/aromatic N) is 1. The van der Waals surface area contributed by atoms with Gasteiger partial charge in [-0.2, -0.15) is 0 Å². The second-order valence-electron chi connectivity index (χ2n) is 6.85. The van der Waals surface area contributed by atoms with Crippen LogP contribution in [0, 0.1) is 20.8 Å². The number of methoxy groups -OCH3 is 1. The molecule has 0 aliphatic rings. The normalized spacial score (nSPS) is 10.3. The predicted molar refractivity (Wildman–Crippen MR) is 114 cm³/mol. The summed E-state index contributed by atoms with van der Waals surface area (Å²) in [4.78, 5) is 28.3. The Morgan fingerprint density at radius 3 is 2.07 bits per heavy atom. The zero-order valence-corrected chi connectivity index (χ0v) is 16.9. The van der Waals surface area contributed by atoms with Crippen LogP contribution in [0.15, 0.2) is 54.7 Å². The fourth-order valence-electron chi connectivity index (χ4n) is 3.12. The van der Waals surface area contributed by atoms with E-state index in [1.54, 1.807) is 36.4 Å². The van der Waals surface area contributed by atoms with Gasteiger partial charge in [-0.1, -0.05) is 17.7 Å². The van der Waals surface area contributed by atoms with Crippen molar-refractivity contribution in [2.75, 3.05) is 17.7 Å². The van der Waals surface area contributed by atoms with Gasteiger partial charge in [0.1, 0.15) is 5.82 Å². The first-order valence-corrected chi connectivity index (χ1v) is 9.18. The molecule has 0 spiro atoms. The van der Waals surface area contributed by atoms with Crippen molar-refractivity contribution < 1.29 is 14.3 Å². The summed E-state index contributed by atoms with van der Waals surface area (Å²) < 4.78 is 4.66. The Kier molecular flexibility index (Phi) is 5.93. The summed E-state index contributed by atoms with van der Waals surface area (Å²) in [6.45, 7) is 6.17. The maximum atomic E-state index is 12.4. The van der Waals surface area contributed by atoms with Crippen LogP contribution in [0.1, 0.15) is 37.4 Å². The molecule has 29 heavy (non-hydrogen) atoms. The fourth-order valence-corrected chi connectivity index (χ4v) is 3.12. The lowest BCUT2D eigenvalue weighted by molar-refractivity contribution is 0.0600. The van der Waals surface area contributed by atoms with Gasteiger partial charge in [-0.15, -0.1) is 0 Å². The number of benzene rings is 2. The molecule has 0 bridgehead atoms. The number of nitrogens with one attached hydrogen (secondary N) is 2. The van der Waals surface area contributed by atoms with Gasteiger partial charge < -0.3 is 15.4 Å². The topological polar surface area (TPSA) is 80.3 Å². The Morgan fingerprint density at radius 1 is 0.897 bits per heavy atom. The summed E-state index contributed by atoms with van der Waals surface area (Å²) >= 11 is 0. The van der Waals surface area contributed by atoms with Crippen LogP contribution in [0.4, 0.5) is 17.2 Å². The van der Waals surface area contributed by atoms with Crippen molar-refractivity contribution in [2.45, 2.75) is 20.8 Å². The Labute approximate surface area is 169 Å². The standard InChI is InChI=1S/C23H23N3O3/c1-14-11-15(2)21(16(3)12-14)26-20-10-7-18(13-24-20)22(27)25-19-8-5-17(6-9-19)23(28)29-4/h5-13H,1-4H3,(H,24,26)(H,25,27). The highest BCUT2D eigenvalue weighted by Gasteiger charge is 2.10. The van der Waals surface area contributed by atoms with Crippen molar-refractivity contribution in [3.8, 4) is 0 Å². The molecule has 1 heterocycles. The summed E-state index contributed by atoms with van der Waals surface area (Å²) in [5, 5.41) is 6.10. The fraction of sp³-hybridized carbons (Fsp3) is 0.174. The van der Waals surface area contributed by atoms with Crippen molar-refractivity contribution in [1.29, 1.82) is 0 Å². The molecule has 3 rings (SSSR count). The largest absolute Gasteiger partial charge is 0.465 e. The summed E-state index contributed by atoms with van der Waals surface area (Å²) in [7, 11) is 1.32. The third-order valence-corrected chi connectivity index (χ3v) is 4.52. The van der Waals surface area contributed by atoms with E-state index in [2.05, 4.69) is 53.3 Å². The Morgan fingerprint density at radius 2 is 1.52 bits per heavy atom. The van der Waals surface area contributed by atoms with Gasteiger partial charge in [0.05, 0.1) is 18.2 Å². The van der Waals surface area contributed by atoms with E-state index in [0.717, 1.165) is 16.8 Å². The first-order valence-electron chi connectivity index (χ1n) is 9.18. The second kappa shape index (κ2) is 8.56. The van der Waals surface area contributed by atoms with Crippen LogP contribution in [-0.4, -0.2) is 24.0 Å². The van der Waals surface area contributed by atoms with Gasteiger partial charge in [-0.05, 0) is 68.3 Å². The number of aryl methyl sites for hydroxylation is 3. The van der Waals surface area contributed by atoms with Gasteiger partial charge in [0.15, 0.2) is 0 Å². The second-order valence-corrected chi connectivity index (χ2v) is 6.85. The van der Waals surface area contributed by atoms with Crippen LogP contribution < -0.4 is 10.6 Å². The molecule has 2 aromatic carbocycles. The van der Waals surface area contributed by atoms with Crippen LogP contribution in [0.5, 0.6) is 0 Å². The number of rotatable bonds is 5. The molecular formula is C23H23N3O3. The van der Waals surface area contributed by atoms with Crippen LogP contribution in [0.2, 0.25) is 0 Å². The highest BCUT2D eigenvalue weighted by atomic mass is 16.5. The first kappa shape index (κ1) is 20.1. The molecule has 0 atom stereocenters. The Balaban J connectivity index is 1.68. The van der Waals surface area contributed by atoms with Gasteiger partial charge in [-0.3, -0.25) is 4.79 Å². The van der Waals surface area contributed by atoms with E-state index in [9.17, 15) is 9.59 Å². The first-order chi connectivity index (χ1) is 13.9. The van der Waals surface area contributed by atoms with Gasteiger partial charge in [0.2, 0.25) is 0 Å². The minimum atomic E-state index is -0.422. The van der Waals surface area contributed by atoms with E-state index in [1.165, 1.54) is 18.9 Å². The number of anilines is 3. The highest BCUT2D eigenvalue weighted by molar-refractivity contribution is 6.04. The highest BCUT2D eigenvalue weighted by Crippen LogP contribution is 2.25. The molecule has 0 saturated heterocycles. The molecule has 0 unspecified atom stereocenters. The molecule has 0 aliphatic carbocycles. The molecule has 6 nitrogen and oxygen atoms in total. The van der Waals surface area contributed by atoms with Gasteiger partial charge in [-0.25, -0.2) is 9.78 Å². The minimum Gasteiger partial charge on any atom is -0.465 e. The number of esters is 1. The quantitative estimate of drug-likeness (QED) is 0.613. The molecule has 148 valence electrons. The van der Waals surface area contributed by atoms with E-state index in [0.29, 0.717) is 22.6 Å². The molecule has 0 aliphatic heterocycles. The van der Waals surface area contributed by atoms with Crippen molar-refractivity contribution in [3.63, 3.8) is 0 Å². The van der Waals surface area contributed by atoms with Crippen molar-refractivity contribution in [3.05, 3.63) is 82.5 Å². The number of pyridine rings is 1. The Hall–Kier alpha value is -3.67. The van der Waals surface area contributed by atoms with Crippen molar-refractivity contribution in [1.82, 2.24) is 4.98 Å². The van der Waals surface area contributed by atoms with E-state index >= 15 is 0 Å². The lowest BCUT2D eigenvalue weighted by Crippen LogP contribution is -2.12. The molecule has 6 heteroatoms. The number of amides is 1. The third kappa shape index (κ3) is 4.79. The lowest BCUT2D eigenvalue weighted by Gasteiger charge is -2.13. The van der Waals surface area contributed by atoms with E-state index in [1.807, 2.05) is 0 Å². The average Bonchev–Trinajstić information content (AvgIpc) is 2.71. The summed E-state index contributed by atoms with van der Waals surface area (Å²) in [5.41, 5.74) is 5.95. The number of hydrogen-bond donors (Lipinski definition) is 2. The van der Waals surface area contributed by atoms with E-state index in [-0.39, 0.29) is 5.91 Å². The van der Waals surface area contributed by atoms with Crippen LogP contribution in [0.25, 0.3) is 0 Å². The molecule has 1 aromatic heterocycles. The smallest absolute Gasteiger partial charge is 0.337 e.